The largest absolute Gasteiger partial charge is 0.481 e. The quantitative estimate of drug-likeness (QED) is 0.686. The van der Waals surface area contributed by atoms with Crippen molar-refractivity contribution in [2.45, 2.75) is 51.6 Å². The lowest BCUT2D eigenvalue weighted by Gasteiger charge is -2.35. The van der Waals surface area contributed by atoms with E-state index >= 15 is 0 Å². The molecule has 3 atom stereocenters. The van der Waals surface area contributed by atoms with E-state index < -0.39 is 5.97 Å². The van der Waals surface area contributed by atoms with Gasteiger partial charge in [-0.3, -0.25) is 4.79 Å². The average Bonchev–Trinajstić information content (AvgIpc) is 2.32. The number of nitrogens with one attached hydrogen (secondary N) is 2. The van der Waals surface area contributed by atoms with E-state index in [4.69, 9.17) is 5.11 Å². The van der Waals surface area contributed by atoms with Crippen LogP contribution < -0.4 is 10.6 Å². The van der Waals surface area contributed by atoms with Gasteiger partial charge in [-0.1, -0.05) is 20.3 Å². The Morgan fingerprint density at radius 3 is 2.70 bits per heavy atom. The zero-order chi connectivity index (χ0) is 15.1. The van der Waals surface area contributed by atoms with Crippen LogP contribution in [0.2, 0.25) is 0 Å². The highest BCUT2D eigenvalue weighted by atomic mass is 16.4. The van der Waals surface area contributed by atoms with Gasteiger partial charge in [-0.2, -0.15) is 0 Å². The van der Waals surface area contributed by atoms with Gasteiger partial charge in [-0.15, -0.1) is 0 Å². The molecule has 0 aromatic carbocycles. The van der Waals surface area contributed by atoms with Crippen LogP contribution in [0.25, 0.3) is 0 Å². The van der Waals surface area contributed by atoms with Crippen LogP contribution in [0.1, 0.15) is 39.5 Å². The molecule has 6 nitrogen and oxygen atoms in total. The van der Waals surface area contributed by atoms with Crippen LogP contribution in [0.4, 0.5) is 4.79 Å². The molecular formula is C14H27N3O3. The first-order valence-electron chi connectivity index (χ1n) is 7.39. The van der Waals surface area contributed by atoms with Crippen molar-refractivity contribution in [2.24, 2.45) is 5.92 Å². The Bertz CT molecular complexity index is 336. The lowest BCUT2D eigenvalue weighted by atomic mass is 9.94. The molecule has 0 saturated carbocycles. The lowest BCUT2D eigenvalue weighted by Crippen LogP contribution is -2.53. The molecular weight excluding hydrogens is 258 g/mol. The van der Waals surface area contributed by atoms with Gasteiger partial charge in [0.1, 0.15) is 0 Å². The Balaban J connectivity index is 2.42. The second-order valence-electron chi connectivity index (χ2n) is 5.84. The summed E-state index contributed by atoms with van der Waals surface area (Å²) in [6.45, 7) is 6.05. The van der Waals surface area contributed by atoms with Crippen LogP contribution in [0.5, 0.6) is 0 Å². The highest BCUT2D eigenvalue weighted by molar-refractivity contribution is 5.76. The number of amides is 2. The Labute approximate surface area is 120 Å². The number of carbonyl (C=O) groups excluding carboxylic acids is 1. The van der Waals surface area contributed by atoms with E-state index in [9.17, 15) is 9.59 Å². The topological polar surface area (TPSA) is 81.7 Å². The normalized spacial score (nSPS) is 24.9. The third-order valence-electron chi connectivity index (χ3n) is 3.82. The molecule has 2 amide bonds. The molecule has 116 valence electrons. The van der Waals surface area contributed by atoms with Gasteiger partial charge < -0.3 is 20.6 Å². The van der Waals surface area contributed by atoms with Gasteiger partial charge >= 0.3 is 12.0 Å². The molecule has 1 aliphatic heterocycles. The number of hydrogen-bond donors (Lipinski definition) is 3. The maximum Gasteiger partial charge on any atom is 0.315 e. The molecule has 1 heterocycles. The summed E-state index contributed by atoms with van der Waals surface area (Å²) >= 11 is 0. The van der Waals surface area contributed by atoms with Crippen LogP contribution in [-0.4, -0.2) is 54.2 Å². The van der Waals surface area contributed by atoms with E-state index in [-0.39, 0.29) is 24.5 Å². The van der Waals surface area contributed by atoms with Crippen molar-refractivity contribution in [1.82, 2.24) is 15.5 Å². The summed E-state index contributed by atoms with van der Waals surface area (Å²) in [6.07, 6.45) is 2.44. The number of likely N-dealkylation sites (tertiary alicyclic amines) is 1. The summed E-state index contributed by atoms with van der Waals surface area (Å²) in [5.41, 5.74) is 0. The third kappa shape index (κ3) is 5.77. The molecule has 1 aliphatic rings. The molecule has 6 heteroatoms. The molecule has 1 fully saturated rings. The smallest absolute Gasteiger partial charge is 0.315 e. The van der Waals surface area contributed by atoms with Crippen LogP contribution in [-0.2, 0) is 4.79 Å². The summed E-state index contributed by atoms with van der Waals surface area (Å²) in [5.74, 6) is -0.472. The van der Waals surface area contributed by atoms with Gasteiger partial charge in [-0.05, 0) is 32.4 Å². The summed E-state index contributed by atoms with van der Waals surface area (Å²) < 4.78 is 0. The summed E-state index contributed by atoms with van der Waals surface area (Å²) in [4.78, 5) is 25.0. The highest BCUT2D eigenvalue weighted by Gasteiger charge is 2.26. The molecule has 0 bridgehead atoms. The van der Waals surface area contributed by atoms with Gasteiger partial charge in [0.2, 0.25) is 0 Å². The first-order valence-corrected chi connectivity index (χ1v) is 7.39. The maximum absolute atomic E-state index is 12.0. The molecule has 3 N–H and O–H groups in total. The van der Waals surface area contributed by atoms with E-state index in [1.165, 1.54) is 0 Å². The number of carboxylic acid groups (broad SMARTS) is 1. The number of aliphatic carboxylic acids is 1. The average molecular weight is 285 g/mol. The fourth-order valence-corrected chi connectivity index (χ4v) is 2.75. The monoisotopic (exact) mass is 285 g/mol. The van der Waals surface area contributed by atoms with Crippen LogP contribution in [0.15, 0.2) is 0 Å². The van der Waals surface area contributed by atoms with Crippen molar-refractivity contribution >= 4 is 12.0 Å². The fraction of sp³-hybridized carbons (Fsp3) is 0.857. The van der Waals surface area contributed by atoms with Crippen LogP contribution in [0.3, 0.4) is 0 Å². The molecule has 0 radical (unpaired) electrons. The molecule has 1 rings (SSSR count). The molecule has 0 aliphatic carbocycles. The van der Waals surface area contributed by atoms with Gasteiger partial charge in [-0.25, -0.2) is 4.79 Å². The molecule has 20 heavy (non-hydrogen) atoms. The Morgan fingerprint density at radius 2 is 2.15 bits per heavy atom. The van der Waals surface area contributed by atoms with Gasteiger partial charge in [0.15, 0.2) is 0 Å². The Morgan fingerprint density at radius 1 is 1.45 bits per heavy atom. The van der Waals surface area contributed by atoms with Crippen molar-refractivity contribution in [3.63, 3.8) is 0 Å². The van der Waals surface area contributed by atoms with E-state index in [2.05, 4.69) is 29.5 Å². The minimum Gasteiger partial charge on any atom is -0.481 e. The zero-order valence-electron chi connectivity index (χ0n) is 12.7. The number of carboxylic acids is 1. The van der Waals surface area contributed by atoms with Crippen molar-refractivity contribution in [3.8, 4) is 0 Å². The van der Waals surface area contributed by atoms with E-state index in [1.807, 2.05) is 6.92 Å². The van der Waals surface area contributed by atoms with Gasteiger partial charge in [0, 0.05) is 18.6 Å². The number of nitrogens with zero attached hydrogens (tertiary/aromatic N) is 1. The number of carbonyl (C=O) groups is 2. The predicted octanol–water partition coefficient (Wildman–Crippen LogP) is 1.27. The number of piperidine rings is 1. The fourth-order valence-electron chi connectivity index (χ4n) is 2.75. The first-order chi connectivity index (χ1) is 9.42. The maximum atomic E-state index is 12.0. The second kappa shape index (κ2) is 8.09. The molecule has 0 aromatic rings. The summed E-state index contributed by atoms with van der Waals surface area (Å²) in [6, 6.07) is -0.372. The van der Waals surface area contributed by atoms with Crippen LogP contribution >= 0.6 is 0 Å². The highest BCUT2D eigenvalue weighted by Crippen LogP contribution is 2.15. The third-order valence-corrected chi connectivity index (χ3v) is 3.82. The summed E-state index contributed by atoms with van der Waals surface area (Å²) in [7, 11) is 2.08. The number of rotatable bonds is 6. The van der Waals surface area contributed by atoms with Crippen molar-refractivity contribution < 1.29 is 14.7 Å². The minimum absolute atomic E-state index is 0.0236. The van der Waals surface area contributed by atoms with Crippen molar-refractivity contribution in [1.29, 1.82) is 0 Å². The van der Waals surface area contributed by atoms with E-state index in [0.29, 0.717) is 12.3 Å². The molecule has 3 unspecified atom stereocenters. The van der Waals surface area contributed by atoms with Gasteiger partial charge in [0.05, 0.1) is 6.42 Å². The van der Waals surface area contributed by atoms with Crippen molar-refractivity contribution in [2.75, 3.05) is 20.1 Å². The number of urea groups is 1. The van der Waals surface area contributed by atoms with Crippen LogP contribution in [0, 0.1) is 5.92 Å². The Hall–Kier alpha value is -1.30. The zero-order valence-corrected chi connectivity index (χ0v) is 12.7. The first kappa shape index (κ1) is 16.8. The standard InChI is InChI=1S/C14H27N3O3/c1-4-5-11(8-13(18)19)15-14(20)16-12-6-7-17(3)9-10(12)2/h10-12H,4-9H2,1-3H3,(H,18,19)(H2,15,16,20). The SMILES string of the molecule is CCCC(CC(=O)O)NC(=O)NC1CCN(C)CC1C. The van der Waals surface area contributed by atoms with E-state index in [1.54, 1.807) is 0 Å². The van der Waals surface area contributed by atoms with Crippen molar-refractivity contribution in [3.05, 3.63) is 0 Å². The predicted molar refractivity (Wildman–Crippen MR) is 77.7 cm³/mol. The van der Waals surface area contributed by atoms with Gasteiger partial charge in [0.25, 0.3) is 0 Å². The van der Waals surface area contributed by atoms with E-state index in [0.717, 1.165) is 25.9 Å². The number of hydrogen-bond acceptors (Lipinski definition) is 3. The Kier molecular flexibility index (Phi) is 6.78. The lowest BCUT2D eigenvalue weighted by molar-refractivity contribution is -0.137. The molecule has 0 spiro atoms. The molecule has 1 saturated heterocycles. The summed E-state index contributed by atoms with van der Waals surface area (Å²) in [5, 5.41) is 14.6. The minimum atomic E-state index is -0.878. The molecule has 0 aromatic heterocycles. The second-order valence-corrected chi connectivity index (χ2v) is 5.84.